The van der Waals surface area contributed by atoms with Crippen molar-refractivity contribution in [1.29, 1.82) is 0 Å². The first kappa shape index (κ1) is 21.9. The van der Waals surface area contributed by atoms with Crippen molar-refractivity contribution in [2.45, 2.75) is 19.6 Å². The van der Waals surface area contributed by atoms with E-state index in [0.29, 0.717) is 35.7 Å². The van der Waals surface area contributed by atoms with Crippen LogP contribution in [-0.2, 0) is 13.2 Å². The lowest BCUT2D eigenvalue weighted by Gasteiger charge is -2.14. The molecule has 0 bridgehead atoms. The number of benzene rings is 2. The van der Waals surface area contributed by atoms with Crippen molar-refractivity contribution in [3.8, 4) is 11.6 Å². The van der Waals surface area contributed by atoms with E-state index >= 15 is 0 Å². The van der Waals surface area contributed by atoms with Crippen LogP contribution in [0.3, 0.4) is 0 Å². The average Bonchev–Trinajstić information content (AvgIpc) is 2.72. The molecule has 0 fully saturated rings. The van der Waals surface area contributed by atoms with E-state index < -0.39 is 0 Å². The van der Waals surface area contributed by atoms with Crippen LogP contribution < -0.4 is 14.8 Å². The van der Waals surface area contributed by atoms with Crippen molar-refractivity contribution < 1.29 is 9.47 Å². The maximum Gasteiger partial charge on any atom is 0.213 e. The Bertz CT molecular complexity index is 926. The monoisotopic (exact) mass is 494 g/mol. The molecule has 0 aliphatic heterocycles. The molecule has 29 heavy (non-hydrogen) atoms. The molecule has 2 aromatic carbocycles. The number of rotatable bonds is 10. The summed E-state index contributed by atoms with van der Waals surface area (Å²) in [7, 11) is 0. The van der Waals surface area contributed by atoms with Crippen molar-refractivity contribution in [3.63, 3.8) is 0 Å². The fraction of sp³-hybridized carbons (Fsp3) is 0.227. The topological polar surface area (TPSA) is 43.4 Å². The zero-order chi connectivity index (χ0) is 20.5. The summed E-state index contributed by atoms with van der Waals surface area (Å²) in [5.41, 5.74) is 1.96. The first-order valence-corrected chi connectivity index (χ1v) is 10.8. The molecular weight excluding hydrogens is 475 g/mol. The molecule has 3 rings (SSSR count). The minimum absolute atomic E-state index is 0.378. The summed E-state index contributed by atoms with van der Waals surface area (Å²) >= 11 is 15.7. The van der Waals surface area contributed by atoms with E-state index in [-0.39, 0.29) is 0 Å². The summed E-state index contributed by atoms with van der Waals surface area (Å²) in [5, 5.41) is 4.64. The van der Waals surface area contributed by atoms with Crippen molar-refractivity contribution in [3.05, 3.63) is 86.4 Å². The fourth-order valence-corrected chi connectivity index (χ4v) is 3.52. The molecule has 1 N–H and O–H groups in total. The first-order valence-electron chi connectivity index (χ1n) is 9.21. The summed E-state index contributed by atoms with van der Waals surface area (Å²) in [6, 6.07) is 17.0. The van der Waals surface area contributed by atoms with Gasteiger partial charge in [-0.15, -0.1) is 0 Å². The zero-order valence-electron chi connectivity index (χ0n) is 15.7. The third-order valence-corrected chi connectivity index (χ3v) is 5.20. The van der Waals surface area contributed by atoms with Gasteiger partial charge in [-0.2, -0.15) is 0 Å². The minimum atomic E-state index is 0.378. The van der Waals surface area contributed by atoms with Gasteiger partial charge in [0.1, 0.15) is 12.4 Å². The van der Waals surface area contributed by atoms with Crippen LogP contribution in [0.25, 0.3) is 0 Å². The number of nitrogens with zero attached hydrogens (tertiary/aromatic N) is 1. The molecule has 0 radical (unpaired) electrons. The molecule has 7 heteroatoms. The smallest absolute Gasteiger partial charge is 0.213 e. The van der Waals surface area contributed by atoms with Gasteiger partial charge in [-0.05, 0) is 49.4 Å². The largest absolute Gasteiger partial charge is 0.489 e. The Hall–Kier alpha value is -1.79. The highest BCUT2D eigenvalue weighted by atomic mass is 79.9. The maximum absolute atomic E-state index is 6.24. The summed E-state index contributed by atoms with van der Waals surface area (Å²) in [4.78, 5) is 4.14. The Morgan fingerprint density at radius 2 is 1.86 bits per heavy atom. The van der Waals surface area contributed by atoms with Gasteiger partial charge in [-0.25, -0.2) is 4.98 Å². The van der Waals surface area contributed by atoms with Crippen molar-refractivity contribution >= 4 is 39.1 Å². The number of nitrogens with one attached hydrogen (secondary N) is 1. The SMILES string of the molecule is Clc1ccc(COc2ccc(Br)cc2CNCCCOc2ccccn2)c(Cl)c1. The number of ether oxygens (including phenoxy) is 2. The van der Waals surface area contributed by atoms with Gasteiger partial charge in [0.2, 0.25) is 5.88 Å². The van der Waals surface area contributed by atoms with Crippen LogP contribution in [0.4, 0.5) is 0 Å². The lowest BCUT2D eigenvalue weighted by atomic mass is 10.2. The van der Waals surface area contributed by atoms with Crippen LogP contribution in [-0.4, -0.2) is 18.1 Å². The Balaban J connectivity index is 1.48. The number of pyridine rings is 1. The Labute approximate surface area is 189 Å². The van der Waals surface area contributed by atoms with Gasteiger partial charge in [-0.1, -0.05) is 51.3 Å². The van der Waals surface area contributed by atoms with E-state index in [0.717, 1.165) is 34.3 Å². The molecule has 1 heterocycles. The third-order valence-electron chi connectivity index (χ3n) is 4.12. The van der Waals surface area contributed by atoms with Crippen LogP contribution in [0.2, 0.25) is 10.0 Å². The quantitative estimate of drug-likeness (QED) is 0.335. The summed E-state index contributed by atoms with van der Waals surface area (Å²) in [6.07, 6.45) is 2.60. The zero-order valence-corrected chi connectivity index (χ0v) is 18.8. The summed E-state index contributed by atoms with van der Waals surface area (Å²) < 4.78 is 12.6. The van der Waals surface area contributed by atoms with Crippen LogP contribution in [0.1, 0.15) is 17.5 Å². The molecule has 0 saturated heterocycles. The molecule has 0 unspecified atom stereocenters. The van der Waals surface area contributed by atoms with Gasteiger partial charge in [0.25, 0.3) is 0 Å². The molecule has 4 nitrogen and oxygen atoms in total. The van der Waals surface area contributed by atoms with Gasteiger partial charge in [0.15, 0.2) is 0 Å². The molecule has 152 valence electrons. The lowest BCUT2D eigenvalue weighted by Crippen LogP contribution is -2.17. The second-order valence-electron chi connectivity index (χ2n) is 6.32. The molecule has 0 atom stereocenters. The van der Waals surface area contributed by atoms with Crippen LogP contribution in [0, 0.1) is 0 Å². The van der Waals surface area contributed by atoms with Gasteiger partial charge < -0.3 is 14.8 Å². The second kappa shape index (κ2) is 11.4. The predicted molar refractivity (Wildman–Crippen MR) is 121 cm³/mol. The van der Waals surface area contributed by atoms with Gasteiger partial charge in [0, 0.05) is 44.5 Å². The molecule has 0 amide bonds. The van der Waals surface area contributed by atoms with Gasteiger partial charge >= 0.3 is 0 Å². The van der Waals surface area contributed by atoms with E-state index in [2.05, 4.69) is 32.3 Å². The number of hydrogen-bond donors (Lipinski definition) is 1. The van der Waals surface area contributed by atoms with E-state index in [1.807, 2.05) is 42.5 Å². The molecule has 0 aliphatic carbocycles. The first-order chi connectivity index (χ1) is 14.1. The maximum atomic E-state index is 6.24. The third kappa shape index (κ3) is 7.19. The number of hydrogen-bond acceptors (Lipinski definition) is 4. The summed E-state index contributed by atoms with van der Waals surface area (Å²) in [6.45, 7) is 2.50. The standard InChI is InChI=1S/C22H21BrCl2N2O2/c23-18-6-8-21(29-15-16-5-7-19(24)13-20(16)25)17(12-18)14-26-9-3-11-28-22-4-1-2-10-27-22/h1-2,4-8,10,12-13,26H,3,9,11,14-15H2. The summed E-state index contributed by atoms with van der Waals surface area (Å²) in [5.74, 6) is 1.47. The minimum Gasteiger partial charge on any atom is -0.489 e. The van der Waals surface area contributed by atoms with Crippen LogP contribution in [0.5, 0.6) is 11.6 Å². The van der Waals surface area contributed by atoms with Crippen molar-refractivity contribution in [2.24, 2.45) is 0 Å². The molecule has 1 aromatic heterocycles. The van der Waals surface area contributed by atoms with E-state index in [1.165, 1.54) is 0 Å². The molecule has 3 aromatic rings. The normalized spacial score (nSPS) is 10.7. The Morgan fingerprint density at radius 3 is 2.66 bits per heavy atom. The molecule has 0 saturated carbocycles. The Kier molecular flexibility index (Phi) is 8.62. The van der Waals surface area contributed by atoms with Crippen molar-refractivity contribution in [1.82, 2.24) is 10.3 Å². The fourth-order valence-electron chi connectivity index (χ4n) is 2.65. The van der Waals surface area contributed by atoms with Gasteiger partial charge in [0.05, 0.1) is 6.61 Å². The molecular formula is C22H21BrCl2N2O2. The Morgan fingerprint density at radius 1 is 0.966 bits per heavy atom. The number of aromatic nitrogens is 1. The lowest BCUT2D eigenvalue weighted by molar-refractivity contribution is 0.294. The van der Waals surface area contributed by atoms with E-state index in [9.17, 15) is 0 Å². The predicted octanol–water partition coefficient (Wildman–Crippen LogP) is 6.29. The van der Waals surface area contributed by atoms with E-state index in [4.69, 9.17) is 32.7 Å². The van der Waals surface area contributed by atoms with Crippen LogP contribution in [0.15, 0.2) is 65.3 Å². The second-order valence-corrected chi connectivity index (χ2v) is 8.08. The highest BCUT2D eigenvalue weighted by Crippen LogP contribution is 2.26. The average molecular weight is 496 g/mol. The molecule has 0 spiro atoms. The number of halogens is 3. The highest BCUT2D eigenvalue weighted by Gasteiger charge is 2.07. The highest BCUT2D eigenvalue weighted by molar-refractivity contribution is 9.10. The van der Waals surface area contributed by atoms with Crippen molar-refractivity contribution in [2.75, 3.05) is 13.2 Å². The van der Waals surface area contributed by atoms with Gasteiger partial charge in [-0.3, -0.25) is 0 Å². The van der Waals surface area contributed by atoms with Crippen LogP contribution >= 0.6 is 39.1 Å². The van der Waals surface area contributed by atoms with E-state index in [1.54, 1.807) is 12.3 Å². The molecule has 0 aliphatic rings.